The van der Waals surface area contributed by atoms with Gasteiger partial charge in [0.05, 0.1) is 11.7 Å². The number of benzene rings is 1. The maximum atomic E-state index is 6.11. The first-order valence-corrected chi connectivity index (χ1v) is 6.66. The average Bonchev–Trinajstić information content (AvgIpc) is 2.87. The minimum atomic E-state index is 0.271. The van der Waals surface area contributed by atoms with Crippen molar-refractivity contribution in [3.8, 4) is 5.75 Å². The minimum Gasteiger partial charge on any atom is -0.490 e. The third-order valence-corrected chi connectivity index (χ3v) is 3.84. The Morgan fingerprint density at radius 2 is 2.22 bits per heavy atom. The average molecular weight is 245 g/mol. The van der Waals surface area contributed by atoms with E-state index < -0.39 is 0 Å². The van der Waals surface area contributed by atoms with Crippen LogP contribution in [0.25, 0.3) is 10.9 Å². The van der Waals surface area contributed by atoms with E-state index in [9.17, 15) is 0 Å². The van der Waals surface area contributed by atoms with E-state index in [2.05, 4.69) is 10.2 Å². The van der Waals surface area contributed by atoms with Gasteiger partial charge in [-0.05, 0) is 44.0 Å². The van der Waals surface area contributed by atoms with Crippen molar-refractivity contribution in [3.63, 3.8) is 0 Å². The molecule has 2 atom stereocenters. The number of aromatic amines is 1. The predicted molar refractivity (Wildman–Crippen MR) is 71.5 cm³/mol. The minimum absolute atomic E-state index is 0.271. The van der Waals surface area contributed by atoms with Gasteiger partial charge in [-0.2, -0.15) is 5.10 Å². The summed E-state index contributed by atoms with van der Waals surface area (Å²) >= 11 is 0. The Balaban J connectivity index is 1.77. The smallest absolute Gasteiger partial charge is 0.120 e. The zero-order valence-electron chi connectivity index (χ0n) is 10.4. The largest absolute Gasteiger partial charge is 0.490 e. The lowest BCUT2D eigenvalue weighted by atomic mass is 9.86. The molecule has 1 aliphatic carbocycles. The number of ether oxygens (including phenoxy) is 1. The van der Waals surface area contributed by atoms with E-state index in [1.165, 1.54) is 19.3 Å². The quantitative estimate of drug-likeness (QED) is 0.873. The Kier molecular flexibility index (Phi) is 3.19. The molecule has 4 nitrogen and oxygen atoms in total. The van der Waals surface area contributed by atoms with E-state index in [-0.39, 0.29) is 6.10 Å². The molecular weight excluding hydrogens is 226 g/mol. The van der Waals surface area contributed by atoms with Gasteiger partial charge < -0.3 is 10.5 Å². The summed E-state index contributed by atoms with van der Waals surface area (Å²) in [6.07, 6.45) is 6.93. The monoisotopic (exact) mass is 245 g/mol. The van der Waals surface area contributed by atoms with E-state index in [4.69, 9.17) is 10.5 Å². The third-order valence-electron chi connectivity index (χ3n) is 3.84. The molecule has 4 heteroatoms. The lowest BCUT2D eigenvalue weighted by Gasteiger charge is -2.31. The molecular formula is C14H19N3O. The maximum absolute atomic E-state index is 6.11. The molecule has 1 aliphatic rings. The number of nitrogens with zero attached hydrogens (tertiary/aromatic N) is 1. The van der Waals surface area contributed by atoms with Crippen LogP contribution in [0.2, 0.25) is 0 Å². The van der Waals surface area contributed by atoms with Gasteiger partial charge in [0, 0.05) is 11.3 Å². The highest BCUT2D eigenvalue weighted by Crippen LogP contribution is 2.29. The molecule has 96 valence electrons. The summed E-state index contributed by atoms with van der Waals surface area (Å²) in [5.74, 6) is 1.42. The van der Waals surface area contributed by atoms with E-state index in [0.717, 1.165) is 29.6 Å². The first-order chi connectivity index (χ1) is 8.86. The fraction of sp³-hybridized carbons (Fsp3) is 0.500. The molecule has 0 amide bonds. The molecule has 0 radical (unpaired) electrons. The highest BCUT2D eigenvalue weighted by Gasteiger charge is 2.25. The Labute approximate surface area is 107 Å². The molecule has 18 heavy (non-hydrogen) atoms. The standard InChI is InChI=1S/C14H19N3O/c15-8-10-3-1-2-4-14(10)18-12-5-6-13-11(7-12)9-16-17-13/h5-7,9-10,14H,1-4,8,15H2,(H,16,17). The number of hydrogen-bond donors (Lipinski definition) is 2. The molecule has 1 saturated carbocycles. The third kappa shape index (κ3) is 2.20. The summed E-state index contributed by atoms with van der Waals surface area (Å²) in [5.41, 5.74) is 6.87. The van der Waals surface area contributed by atoms with Crippen LogP contribution >= 0.6 is 0 Å². The van der Waals surface area contributed by atoms with Gasteiger partial charge in [0.25, 0.3) is 0 Å². The first kappa shape index (κ1) is 11.5. The summed E-state index contributed by atoms with van der Waals surface area (Å²) < 4.78 is 6.11. The molecule has 1 aromatic heterocycles. The summed E-state index contributed by atoms with van der Waals surface area (Å²) in [6.45, 7) is 0.721. The van der Waals surface area contributed by atoms with Crippen LogP contribution in [0.5, 0.6) is 5.75 Å². The van der Waals surface area contributed by atoms with Crippen molar-refractivity contribution in [1.29, 1.82) is 0 Å². The molecule has 0 aliphatic heterocycles. The van der Waals surface area contributed by atoms with Crippen molar-refractivity contribution in [1.82, 2.24) is 10.2 Å². The second kappa shape index (κ2) is 4.98. The van der Waals surface area contributed by atoms with Gasteiger partial charge in [-0.15, -0.1) is 0 Å². The topological polar surface area (TPSA) is 63.9 Å². The Morgan fingerprint density at radius 1 is 1.33 bits per heavy atom. The number of aromatic nitrogens is 2. The van der Waals surface area contributed by atoms with Gasteiger partial charge in [0.2, 0.25) is 0 Å². The van der Waals surface area contributed by atoms with Gasteiger partial charge >= 0.3 is 0 Å². The fourth-order valence-electron chi connectivity index (χ4n) is 2.77. The lowest BCUT2D eigenvalue weighted by molar-refractivity contribution is 0.0972. The maximum Gasteiger partial charge on any atom is 0.120 e. The Hall–Kier alpha value is -1.55. The zero-order valence-corrected chi connectivity index (χ0v) is 10.4. The molecule has 0 spiro atoms. The van der Waals surface area contributed by atoms with E-state index in [1.54, 1.807) is 0 Å². The van der Waals surface area contributed by atoms with Crippen LogP contribution in [0.15, 0.2) is 24.4 Å². The second-order valence-corrected chi connectivity index (χ2v) is 5.06. The second-order valence-electron chi connectivity index (χ2n) is 5.06. The van der Waals surface area contributed by atoms with E-state index >= 15 is 0 Å². The molecule has 1 fully saturated rings. The summed E-state index contributed by atoms with van der Waals surface area (Å²) in [5, 5.41) is 8.05. The van der Waals surface area contributed by atoms with Gasteiger partial charge in [0.15, 0.2) is 0 Å². The Morgan fingerprint density at radius 3 is 3.11 bits per heavy atom. The molecule has 3 rings (SSSR count). The summed E-state index contributed by atoms with van der Waals surface area (Å²) in [6, 6.07) is 6.06. The summed E-state index contributed by atoms with van der Waals surface area (Å²) in [7, 11) is 0. The van der Waals surface area contributed by atoms with Gasteiger partial charge in [-0.3, -0.25) is 5.10 Å². The van der Waals surface area contributed by atoms with Crippen LogP contribution in [-0.2, 0) is 0 Å². The predicted octanol–water partition coefficient (Wildman–Crippen LogP) is 2.46. The van der Waals surface area contributed by atoms with Crippen LogP contribution in [0.1, 0.15) is 25.7 Å². The van der Waals surface area contributed by atoms with Crippen molar-refractivity contribution in [2.24, 2.45) is 11.7 Å². The zero-order chi connectivity index (χ0) is 12.4. The first-order valence-electron chi connectivity index (χ1n) is 6.66. The highest BCUT2D eigenvalue weighted by molar-refractivity contribution is 5.79. The number of nitrogens with two attached hydrogens (primary N) is 1. The molecule has 3 N–H and O–H groups in total. The van der Waals surface area contributed by atoms with Crippen molar-refractivity contribution >= 4 is 10.9 Å². The van der Waals surface area contributed by atoms with Crippen molar-refractivity contribution < 1.29 is 4.74 Å². The molecule has 1 heterocycles. The van der Waals surface area contributed by atoms with Crippen LogP contribution in [0.3, 0.4) is 0 Å². The van der Waals surface area contributed by atoms with Crippen molar-refractivity contribution in [2.45, 2.75) is 31.8 Å². The molecule has 2 aromatic rings. The van der Waals surface area contributed by atoms with Crippen LogP contribution in [0.4, 0.5) is 0 Å². The van der Waals surface area contributed by atoms with Gasteiger partial charge in [0.1, 0.15) is 11.9 Å². The molecule has 1 aromatic carbocycles. The number of hydrogen-bond acceptors (Lipinski definition) is 3. The Bertz CT molecular complexity index is 522. The van der Waals surface area contributed by atoms with E-state index in [1.807, 2.05) is 24.4 Å². The summed E-state index contributed by atoms with van der Waals surface area (Å²) in [4.78, 5) is 0. The number of rotatable bonds is 3. The lowest BCUT2D eigenvalue weighted by Crippen LogP contribution is -2.35. The van der Waals surface area contributed by atoms with Crippen LogP contribution in [-0.4, -0.2) is 22.8 Å². The normalized spacial score (nSPS) is 24.3. The number of nitrogens with one attached hydrogen (secondary N) is 1. The van der Waals surface area contributed by atoms with Gasteiger partial charge in [-0.1, -0.05) is 6.42 Å². The number of H-pyrrole nitrogens is 1. The van der Waals surface area contributed by atoms with Crippen molar-refractivity contribution in [2.75, 3.05) is 6.54 Å². The molecule has 0 bridgehead atoms. The number of fused-ring (bicyclic) bond motifs is 1. The fourth-order valence-corrected chi connectivity index (χ4v) is 2.77. The van der Waals surface area contributed by atoms with Gasteiger partial charge in [-0.25, -0.2) is 0 Å². The van der Waals surface area contributed by atoms with E-state index in [0.29, 0.717) is 5.92 Å². The molecule has 0 saturated heterocycles. The van der Waals surface area contributed by atoms with Crippen molar-refractivity contribution in [3.05, 3.63) is 24.4 Å². The van der Waals surface area contributed by atoms with Crippen LogP contribution < -0.4 is 10.5 Å². The van der Waals surface area contributed by atoms with Crippen LogP contribution in [0, 0.1) is 5.92 Å². The highest BCUT2D eigenvalue weighted by atomic mass is 16.5. The molecule has 2 unspecified atom stereocenters. The SMILES string of the molecule is NCC1CCCCC1Oc1ccc2[nH]ncc2c1.